The van der Waals surface area contributed by atoms with Crippen molar-refractivity contribution in [3.63, 3.8) is 0 Å². The molecule has 17 heavy (non-hydrogen) atoms. The van der Waals surface area contributed by atoms with Crippen molar-refractivity contribution < 1.29 is 5.11 Å². The van der Waals surface area contributed by atoms with Crippen LogP contribution in [0.5, 0.6) is 0 Å². The summed E-state index contributed by atoms with van der Waals surface area (Å²) < 4.78 is 0. The maximum absolute atomic E-state index is 9.14. The van der Waals surface area contributed by atoms with Crippen molar-refractivity contribution in [1.29, 1.82) is 0 Å². The summed E-state index contributed by atoms with van der Waals surface area (Å²) in [4.78, 5) is 2.57. The minimum Gasteiger partial charge on any atom is -0.396 e. The summed E-state index contributed by atoms with van der Waals surface area (Å²) >= 11 is 0. The zero-order chi connectivity index (χ0) is 12.1. The van der Waals surface area contributed by atoms with Crippen LogP contribution in [0.25, 0.3) is 0 Å². The second-order valence-electron chi connectivity index (χ2n) is 5.99. The van der Waals surface area contributed by atoms with Crippen LogP contribution in [0.3, 0.4) is 0 Å². The van der Waals surface area contributed by atoms with E-state index in [-0.39, 0.29) is 0 Å². The minimum absolute atomic E-state index is 0.372. The van der Waals surface area contributed by atoms with E-state index in [1.807, 2.05) is 0 Å². The van der Waals surface area contributed by atoms with Gasteiger partial charge in [0, 0.05) is 19.2 Å². The Morgan fingerprint density at radius 3 is 2.41 bits per heavy atom. The summed E-state index contributed by atoms with van der Waals surface area (Å²) in [6.45, 7) is 3.89. The van der Waals surface area contributed by atoms with Crippen LogP contribution in [-0.2, 0) is 0 Å². The van der Waals surface area contributed by atoms with Crippen LogP contribution in [-0.4, -0.2) is 42.3 Å². The number of hydrogen-bond acceptors (Lipinski definition) is 3. The number of nitrogens with two attached hydrogens (primary N) is 1. The van der Waals surface area contributed by atoms with Crippen molar-refractivity contribution in [2.24, 2.45) is 17.6 Å². The van der Waals surface area contributed by atoms with Crippen molar-refractivity contribution >= 4 is 0 Å². The monoisotopic (exact) mass is 240 g/mol. The lowest BCUT2D eigenvalue weighted by molar-refractivity contribution is 0.113. The highest BCUT2D eigenvalue weighted by Gasteiger charge is 2.25. The summed E-state index contributed by atoms with van der Waals surface area (Å²) in [5, 5.41) is 9.14. The van der Waals surface area contributed by atoms with Gasteiger partial charge >= 0.3 is 0 Å². The standard InChI is InChI=1S/C14H28N2O/c15-14-5-3-1-2-4-13(14)10-16-8-6-12(11-17)7-9-16/h12-14,17H,1-11,15H2. The first-order valence-corrected chi connectivity index (χ1v) is 7.38. The third-order valence-electron chi connectivity index (χ3n) is 4.68. The number of likely N-dealkylation sites (tertiary alicyclic amines) is 1. The third-order valence-corrected chi connectivity index (χ3v) is 4.68. The topological polar surface area (TPSA) is 49.5 Å². The zero-order valence-corrected chi connectivity index (χ0v) is 11.0. The highest BCUT2D eigenvalue weighted by Crippen LogP contribution is 2.25. The van der Waals surface area contributed by atoms with Gasteiger partial charge in [-0.25, -0.2) is 0 Å². The average Bonchev–Trinajstić information content (AvgIpc) is 2.56. The van der Waals surface area contributed by atoms with Gasteiger partial charge in [0.05, 0.1) is 0 Å². The van der Waals surface area contributed by atoms with Gasteiger partial charge in [-0.05, 0) is 50.6 Å². The molecule has 2 atom stereocenters. The fourth-order valence-electron chi connectivity index (χ4n) is 3.32. The molecule has 2 unspecified atom stereocenters. The first kappa shape index (κ1) is 13.3. The molecule has 3 nitrogen and oxygen atoms in total. The van der Waals surface area contributed by atoms with Gasteiger partial charge in [0.25, 0.3) is 0 Å². The number of aliphatic hydroxyl groups excluding tert-OH is 1. The van der Waals surface area contributed by atoms with E-state index in [0.29, 0.717) is 24.5 Å². The normalized spacial score (nSPS) is 33.5. The second kappa shape index (κ2) is 6.72. The number of rotatable bonds is 3. The molecule has 2 fully saturated rings. The van der Waals surface area contributed by atoms with Crippen LogP contribution in [0.4, 0.5) is 0 Å². The first-order chi connectivity index (χ1) is 8.29. The van der Waals surface area contributed by atoms with Gasteiger partial charge < -0.3 is 15.7 Å². The maximum atomic E-state index is 9.14. The van der Waals surface area contributed by atoms with Gasteiger partial charge in [0.1, 0.15) is 0 Å². The molecular weight excluding hydrogens is 212 g/mol. The quantitative estimate of drug-likeness (QED) is 0.737. The molecule has 0 amide bonds. The fraction of sp³-hybridized carbons (Fsp3) is 1.00. The Morgan fingerprint density at radius 1 is 1.00 bits per heavy atom. The molecule has 1 saturated heterocycles. The van der Waals surface area contributed by atoms with Crippen molar-refractivity contribution in [2.75, 3.05) is 26.2 Å². The summed E-state index contributed by atoms with van der Waals surface area (Å²) in [6, 6.07) is 0.424. The highest BCUT2D eigenvalue weighted by atomic mass is 16.3. The predicted molar refractivity (Wildman–Crippen MR) is 70.8 cm³/mol. The molecule has 1 aliphatic heterocycles. The van der Waals surface area contributed by atoms with Crippen LogP contribution in [0, 0.1) is 11.8 Å². The SMILES string of the molecule is NC1CCCCCC1CN1CCC(CO)CC1. The molecule has 0 aromatic carbocycles. The highest BCUT2D eigenvalue weighted by molar-refractivity contribution is 4.81. The van der Waals surface area contributed by atoms with Gasteiger partial charge in [-0.2, -0.15) is 0 Å². The molecule has 0 aromatic heterocycles. The van der Waals surface area contributed by atoms with Crippen molar-refractivity contribution in [3.8, 4) is 0 Å². The smallest absolute Gasteiger partial charge is 0.0460 e. The molecule has 0 bridgehead atoms. The first-order valence-electron chi connectivity index (χ1n) is 7.38. The Bertz CT molecular complexity index is 214. The molecule has 2 aliphatic rings. The van der Waals surface area contributed by atoms with E-state index < -0.39 is 0 Å². The van der Waals surface area contributed by atoms with Gasteiger partial charge in [-0.1, -0.05) is 19.3 Å². The zero-order valence-electron chi connectivity index (χ0n) is 11.0. The molecule has 2 rings (SSSR count). The summed E-state index contributed by atoms with van der Waals surface area (Å²) in [6.07, 6.45) is 8.93. The van der Waals surface area contributed by atoms with Crippen LogP contribution in [0.2, 0.25) is 0 Å². The van der Waals surface area contributed by atoms with E-state index in [0.717, 1.165) is 13.1 Å². The minimum atomic E-state index is 0.372. The van der Waals surface area contributed by atoms with Crippen LogP contribution in [0.1, 0.15) is 44.9 Å². The van der Waals surface area contributed by atoms with Gasteiger partial charge in [-0.15, -0.1) is 0 Å². The Hall–Kier alpha value is -0.120. The van der Waals surface area contributed by atoms with E-state index in [2.05, 4.69) is 4.90 Å². The summed E-state index contributed by atoms with van der Waals surface area (Å²) in [7, 11) is 0. The number of hydrogen-bond donors (Lipinski definition) is 2. The molecule has 0 radical (unpaired) electrons. The van der Waals surface area contributed by atoms with Gasteiger partial charge in [0.15, 0.2) is 0 Å². The Morgan fingerprint density at radius 2 is 1.71 bits per heavy atom. The lowest BCUT2D eigenvalue weighted by atomic mass is 9.92. The summed E-state index contributed by atoms with van der Waals surface area (Å²) in [5.41, 5.74) is 6.28. The lowest BCUT2D eigenvalue weighted by Crippen LogP contribution is -2.42. The molecule has 1 heterocycles. The molecule has 1 saturated carbocycles. The Kier molecular flexibility index (Phi) is 5.26. The predicted octanol–water partition coefficient (Wildman–Crippen LogP) is 1.60. The lowest BCUT2D eigenvalue weighted by Gasteiger charge is -2.35. The van der Waals surface area contributed by atoms with Crippen LogP contribution >= 0.6 is 0 Å². The van der Waals surface area contributed by atoms with E-state index in [4.69, 9.17) is 10.8 Å². The Balaban J connectivity index is 1.76. The van der Waals surface area contributed by atoms with Crippen molar-refractivity contribution in [2.45, 2.75) is 51.0 Å². The fourth-order valence-corrected chi connectivity index (χ4v) is 3.32. The van der Waals surface area contributed by atoms with Crippen molar-refractivity contribution in [3.05, 3.63) is 0 Å². The van der Waals surface area contributed by atoms with Crippen LogP contribution < -0.4 is 5.73 Å². The average molecular weight is 240 g/mol. The van der Waals surface area contributed by atoms with E-state index in [9.17, 15) is 0 Å². The molecule has 3 N–H and O–H groups in total. The van der Waals surface area contributed by atoms with Crippen LogP contribution in [0.15, 0.2) is 0 Å². The molecule has 0 aromatic rings. The van der Waals surface area contributed by atoms with Gasteiger partial charge in [0.2, 0.25) is 0 Å². The van der Waals surface area contributed by atoms with E-state index >= 15 is 0 Å². The second-order valence-corrected chi connectivity index (χ2v) is 5.99. The van der Waals surface area contributed by atoms with E-state index in [1.165, 1.54) is 51.5 Å². The third kappa shape index (κ3) is 3.94. The maximum Gasteiger partial charge on any atom is 0.0460 e. The Labute approximate surface area is 105 Å². The van der Waals surface area contributed by atoms with Gasteiger partial charge in [-0.3, -0.25) is 0 Å². The summed E-state index contributed by atoms with van der Waals surface area (Å²) in [5.74, 6) is 1.26. The number of piperidine rings is 1. The molecule has 1 aliphatic carbocycles. The molecule has 3 heteroatoms. The van der Waals surface area contributed by atoms with Crippen molar-refractivity contribution in [1.82, 2.24) is 4.90 Å². The molecular formula is C14H28N2O. The van der Waals surface area contributed by atoms with E-state index in [1.54, 1.807) is 0 Å². The molecule has 100 valence electrons. The number of aliphatic hydroxyl groups is 1. The largest absolute Gasteiger partial charge is 0.396 e. The number of nitrogens with zero attached hydrogens (tertiary/aromatic N) is 1. The molecule has 0 spiro atoms.